The van der Waals surface area contributed by atoms with E-state index in [0.29, 0.717) is 31.7 Å². The first kappa shape index (κ1) is 22.1. The number of benzene rings is 2. The van der Waals surface area contributed by atoms with Gasteiger partial charge in [-0.1, -0.05) is 0 Å². The molecule has 1 fully saturated rings. The van der Waals surface area contributed by atoms with Gasteiger partial charge in [0.25, 0.3) is 11.8 Å². The van der Waals surface area contributed by atoms with Gasteiger partial charge in [0.1, 0.15) is 11.3 Å². The zero-order valence-electron chi connectivity index (χ0n) is 15.7. The van der Waals surface area contributed by atoms with E-state index < -0.39 is 17.8 Å². The number of thiocarbonyl (C=S) groups is 1. The molecule has 1 saturated heterocycles. The maximum Gasteiger partial charge on any atom is 0.308 e. The third-order valence-corrected chi connectivity index (χ3v) is 5.47. The summed E-state index contributed by atoms with van der Waals surface area (Å²) in [5.41, 5.74) is 0.924. The normalized spacial score (nSPS) is 15.3. The molecule has 1 aliphatic heterocycles. The molecule has 2 aromatic carbocycles. The minimum absolute atomic E-state index is 0.0140. The summed E-state index contributed by atoms with van der Waals surface area (Å²) < 4.78 is 11.2. The van der Waals surface area contributed by atoms with Crippen LogP contribution >= 0.6 is 44.1 Å². The van der Waals surface area contributed by atoms with Crippen molar-refractivity contribution in [3.05, 3.63) is 56.5 Å². The third-order valence-electron chi connectivity index (χ3n) is 4.01. The lowest BCUT2D eigenvalue weighted by Crippen LogP contribution is -2.54. The second kappa shape index (κ2) is 9.07. The molecule has 10 heteroatoms. The molecule has 154 valence electrons. The smallest absolute Gasteiger partial charge is 0.308 e. The van der Waals surface area contributed by atoms with Crippen LogP contribution in [-0.2, 0) is 14.4 Å². The Morgan fingerprint density at radius 2 is 1.73 bits per heavy atom. The van der Waals surface area contributed by atoms with E-state index >= 15 is 0 Å². The van der Waals surface area contributed by atoms with Crippen LogP contribution in [0.3, 0.4) is 0 Å². The fourth-order valence-corrected chi connectivity index (χ4v) is 4.36. The van der Waals surface area contributed by atoms with E-state index in [4.69, 9.17) is 21.7 Å². The molecular weight excluding hydrogens is 540 g/mol. The Labute approximate surface area is 194 Å². The van der Waals surface area contributed by atoms with Gasteiger partial charge in [0.15, 0.2) is 10.9 Å². The summed E-state index contributed by atoms with van der Waals surface area (Å²) in [6.45, 7) is 1.29. The lowest BCUT2D eigenvalue weighted by atomic mass is 10.1. The number of methoxy groups -OCH3 is 1. The van der Waals surface area contributed by atoms with Gasteiger partial charge in [0, 0.05) is 6.92 Å². The Morgan fingerprint density at radius 1 is 1.13 bits per heavy atom. The Morgan fingerprint density at radius 3 is 2.27 bits per heavy atom. The predicted molar refractivity (Wildman–Crippen MR) is 122 cm³/mol. The molecule has 0 bridgehead atoms. The van der Waals surface area contributed by atoms with Crippen molar-refractivity contribution in [1.29, 1.82) is 0 Å². The van der Waals surface area contributed by atoms with Crippen molar-refractivity contribution in [3.63, 3.8) is 0 Å². The average Bonchev–Trinajstić information content (AvgIpc) is 2.68. The van der Waals surface area contributed by atoms with Crippen LogP contribution in [0.25, 0.3) is 6.08 Å². The quantitative estimate of drug-likeness (QED) is 0.203. The molecule has 0 radical (unpaired) electrons. The van der Waals surface area contributed by atoms with E-state index in [2.05, 4.69) is 37.2 Å². The molecule has 30 heavy (non-hydrogen) atoms. The lowest BCUT2D eigenvalue weighted by Gasteiger charge is -2.29. The largest absolute Gasteiger partial charge is 0.497 e. The zero-order valence-corrected chi connectivity index (χ0v) is 19.7. The molecule has 1 aliphatic rings. The van der Waals surface area contributed by atoms with Gasteiger partial charge in [0.05, 0.1) is 21.7 Å². The number of hydrogen-bond acceptors (Lipinski definition) is 6. The second-order valence-electron chi connectivity index (χ2n) is 6.06. The summed E-state index contributed by atoms with van der Waals surface area (Å²) in [6, 6.07) is 9.96. The highest BCUT2D eigenvalue weighted by atomic mass is 79.9. The molecule has 2 aromatic rings. The molecule has 0 spiro atoms. The summed E-state index contributed by atoms with van der Waals surface area (Å²) in [7, 11) is 1.54. The highest BCUT2D eigenvalue weighted by Crippen LogP contribution is 2.36. The first-order valence-electron chi connectivity index (χ1n) is 8.44. The van der Waals surface area contributed by atoms with Gasteiger partial charge in [-0.2, -0.15) is 0 Å². The molecule has 1 N–H and O–H groups in total. The van der Waals surface area contributed by atoms with Crippen LogP contribution in [0.2, 0.25) is 0 Å². The van der Waals surface area contributed by atoms with Crippen molar-refractivity contribution in [2.24, 2.45) is 0 Å². The number of nitrogens with one attached hydrogen (secondary N) is 1. The standard InChI is InChI=1S/C20H14Br2N2O5S/c1-10(25)29-17-15(21)8-11(9-16(17)22)7-14-18(26)23-20(30)24(19(14)27)12-3-5-13(28-2)6-4-12/h3-9H,1-2H3,(H,23,26,30)/b14-7-. The molecule has 3 rings (SSSR count). The minimum Gasteiger partial charge on any atom is -0.497 e. The zero-order chi connectivity index (χ0) is 22.0. The first-order chi connectivity index (χ1) is 14.2. The Balaban J connectivity index is 1.99. The maximum atomic E-state index is 13.1. The van der Waals surface area contributed by atoms with Crippen LogP contribution in [0.15, 0.2) is 50.9 Å². The predicted octanol–water partition coefficient (Wildman–Crippen LogP) is 3.98. The highest BCUT2D eigenvalue weighted by molar-refractivity contribution is 9.11. The van der Waals surface area contributed by atoms with Crippen LogP contribution in [0, 0.1) is 0 Å². The number of halogens is 2. The fourth-order valence-electron chi connectivity index (χ4n) is 2.69. The van der Waals surface area contributed by atoms with Gasteiger partial charge < -0.3 is 9.47 Å². The molecule has 7 nitrogen and oxygen atoms in total. The molecule has 1 heterocycles. The minimum atomic E-state index is -0.605. The molecule has 0 saturated carbocycles. The third kappa shape index (κ3) is 4.61. The molecule has 0 unspecified atom stereocenters. The number of carbonyl (C=O) groups excluding carboxylic acids is 3. The lowest BCUT2D eigenvalue weighted by molar-refractivity contribution is -0.132. The van der Waals surface area contributed by atoms with Crippen LogP contribution < -0.4 is 19.7 Å². The number of amides is 2. The highest BCUT2D eigenvalue weighted by Gasteiger charge is 2.34. The van der Waals surface area contributed by atoms with Gasteiger partial charge in [-0.05, 0) is 92.1 Å². The number of carbonyl (C=O) groups is 3. The van der Waals surface area contributed by atoms with Gasteiger partial charge in [-0.25, -0.2) is 0 Å². The number of ether oxygens (including phenoxy) is 2. The van der Waals surface area contributed by atoms with Crippen molar-refractivity contribution in [2.75, 3.05) is 12.0 Å². The van der Waals surface area contributed by atoms with E-state index in [1.165, 1.54) is 25.0 Å². The summed E-state index contributed by atoms with van der Waals surface area (Å²) in [5.74, 6) is -0.731. The number of anilines is 1. The molecule has 2 amide bonds. The molecule has 0 aliphatic carbocycles. The summed E-state index contributed by atoms with van der Waals surface area (Å²) in [6.07, 6.45) is 1.43. The Kier molecular flexibility index (Phi) is 6.69. The van der Waals surface area contributed by atoms with Crippen LogP contribution in [0.4, 0.5) is 5.69 Å². The monoisotopic (exact) mass is 552 g/mol. The fraction of sp³-hybridized carbons (Fsp3) is 0.100. The van der Waals surface area contributed by atoms with Crippen LogP contribution in [0.1, 0.15) is 12.5 Å². The van der Waals surface area contributed by atoms with E-state index in [9.17, 15) is 14.4 Å². The maximum absolute atomic E-state index is 13.1. The number of hydrogen-bond donors (Lipinski definition) is 1. The van der Waals surface area contributed by atoms with Crippen LogP contribution in [-0.4, -0.2) is 30.0 Å². The van der Waals surface area contributed by atoms with Crippen LogP contribution in [0.5, 0.6) is 11.5 Å². The number of rotatable bonds is 4. The first-order valence-corrected chi connectivity index (χ1v) is 10.4. The number of esters is 1. The second-order valence-corrected chi connectivity index (χ2v) is 8.16. The average molecular weight is 554 g/mol. The van der Waals surface area contributed by atoms with Crippen molar-refractivity contribution in [1.82, 2.24) is 5.32 Å². The summed E-state index contributed by atoms with van der Waals surface area (Å²) in [5, 5.41) is 2.52. The van der Waals surface area contributed by atoms with E-state index in [0.717, 1.165) is 0 Å². The van der Waals surface area contributed by atoms with Crippen molar-refractivity contribution >= 4 is 78.7 Å². The van der Waals surface area contributed by atoms with E-state index in [-0.39, 0.29) is 10.7 Å². The Hall–Kier alpha value is -2.56. The molecule has 0 aromatic heterocycles. The van der Waals surface area contributed by atoms with Gasteiger partial charge in [0.2, 0.25) is 0 Å². The van der Waals surface area contributed by atoms with E-state index in [1.54, 1.807) is 36.4 Å². The van der Waals surface area contributed by atoms with Gasteiger partial charge in [-0.15, -0.1) is 0 Å². The van der Waals surface area contributed by atoms with Crippen molar-refractivity contribution < 1.29 is 23.9 Å². The Bertz CT molecular complexity index is 1080. The summed E-state index contributed by atoms with van der Waals surface area (Å²) in [4.78, 5) is 38.0. The van der Waals surface area contributed by atoms with Gasteiger partial charge in [-0.3, -0.25) is 24.6 Å². The number of nitrogens with zero attached hydrogens (tertiary/aromatic N) is 1. The summed E-state index contributed by atoms with van der Waals surface area (Å²) >= 11 is 11.8. The van der Waals surface area contributed by atoms with Gasteiger partial charge >= 0.3 is 5.97 Å². The van der Waals surface area contributed by atoms with Crippen molar-refractivity contribution in [3.8, 4) is 11.5 Å². The molecular formula is C20H14Br2N2O5S. The molecule has 0 atom stereocenters. The SMILES string of the molecule is COc1ccc(N2C(=O)/C(=C\c3cc(Br)c(OC(C)=O)c(Br)c3)C(=O)NC2=S)cc1. The topological polar surface area (TPSA) is 84.9 Å². The van der Waals surface area contributed by atoms with Crippen molar-refractivity contribution in [2.45, 2.75) is 6.92 Å². The van der Waals surface area contributed by atoms with E-state index in [1.807, 2.05) is 0 Å².